The van der Waals surface area contributed by atoms with E-state index < -0.39 is 0 Å². The largest absolute Gasteiger partial charge is 0.411 e. The molecule has 3 rings (SSSR count). The van der Waals surface area contributed by atoms with Gasteiger partial charge in [0, 0.05) is 18.5 Å². The number of aromatic nitrogens is 2. The van der Waals surface area contributed by atoms with Crippen LogP contribution in [0.5, 0.6) is 0 Å². The first-order valence-electron chi connectivity index (χ1n) is 6.50. The lowest BCUT2D eigenvalue weighted by atomic mass is 9.93. The normalized spacial score (nSPS) is 33.8. The number of oxime groups is 1. The summed E-state index contributed by atoms with van der Waals surface area (Å²) >= 11 is 0. The molecule has 0 aliphatic heterocycles. The highest BCUT2D eigenvalue weighted by molar-refractivity contribution is 5.93. The zero-order chi connectivity index (χ0) is 12.0. The first kappa shape index (κ1) is 10.8. The Bertz CT molecular complexity index is 463. The summed E-state index contributed by atoms with van der Waals surface area (Å²) < 4.78 is 2.24. The molecule has 0 amide bonds. The van der Waals surface area contributed by atoms with Crippen molar-refractivity contribution in [2.75, 3.05) is 0 Å². The number of nitrogens with zero attached hydrogens (tertiary/aromatic N) is 3. The van der Waals surface area contributed by atoms with Crippen LogP contribution < -0.4 is 0 Å². The lowest BCUT2D eigenvalue weighted by molar-refractivity contribution is 0.306. The van der Waals surface area contributed by atoms with Crippen molar-refractivity contribution >= 4 is 5.71 Å². The molecular weight excluding hydrogens is 214 g/mol. The standard InChI is InChI=1S/C13H19N3O/c1-3-11-14-8(2)7-16(11)13-10-5-4-9(6-10)12(13)15-17/h7,9-10,13,17H,3-6H2,1-2H3/b15-12+. The maximum Gasteiger partial charge on any atom is 0.109 e. The molecule has 2 saturated carbocycles. The van der Waals surface area contributed by atoms with Crippen molar-refractivity contribution in [3.05, 3.63) is 17.7 Å². The van der Waals surface area contributed by atoms with Gasteiger partial charge < -0.3 is 9.77 Å². The molecule has 2 fully saturated rings. The molecule has 3 atom stereocenters. The summed E-state index contributed by atoms with van der Waals surface area (Å²) in [5, 5.41) is 12.8. The quantitative estimate of drug-likeness (QED) is 0.630. The van der Waals surface area contributed by atoms with Gasteiger partial charge in [-0.15, -0.1) is 0 Å². The van der Waals surface area contributed by atoms with Gasteiger partial charge in [-0.1, -0.05) is 12.1 Å². The smallest absolute Gasteiger partial charge is 0.109 e. The van der Waals surface area contributed by atoms with E-state index in [2.05, 4.69) is 27.8 Å². The van der Waals surface area contributed by atoms with Crippen LogP contribution >= 0.6 is 0 Å². The van der Waals surface area contributed by atoms with Crippen LogP contribution in [0.25, 0.3) is 0 Å². The van der Waals surface area contributed by atoms with Crippen molar-refractivity contribution in [3.63, 3.8) is 0 Å². The first-order chi connectivity index (χ1) is 8.24. The maximum absolute atomic E-state index is 9.24. The lowest BCUT2D eigenvalue weighted by Crippen LogP contribution is -2.26. The second kappa shape index (κ2) is 3.86. The predicted octanol–water partition coefficient (Wildman–Crippen LogP) is 2.56. The fourth-order valence-corrected chi connectivity index (χ4v) is 3.63. The zero-order valence-corrected chi connectivity index (χ0v) is 10.4. The highest BCUT2D eigenvalue weighted by atomic mass is 16.4. The summed E-state index contributed by atoms with van der Waals surface area (Å²) in [6, 6.07) is 0.259. The lowest BCUT2D eigenvalue weighted by Gasteiger charge is -2.25. The maximum atomic E-state index is 9.24. The number of fused-ring (bicyclic) bond motifs is 2. The Hall–Kier alpha value is -1.32. The van der Waals surface area contributed by atoms with Crippen LogP contribution in [-0.4, -0.2) is 20.5 Å². The number of imidazole rings is 1. The van der Waals surface area contributed by atoms with Crippen molar-refractivity contribution in [2.45, 2.75) is 45.6 Å². The van der Waals surface area contributed by atoms with E-state index in [-0.39, 0.29) is 6.04 Å². The van der Waals surface area contributed by atoms with Crippen LogP contribution in [-0.2, 0) is 6.42 Å². The van der Waals surface area contributed by atoms with E-state index in [4.69, 9.17) is 0 Å². The Labute approximate surface area is 101 Å². The van der Waals surface area contributed by atoms with Crippen LogP contribution in [0.3, 0.4) is 0 Å². The Morgan fingerprint density at radius 1 is 1.53 bits per heavy atom. The minimum atomic E-state index is 0.259. The number of hydrogen-bond acceptors (Lipinski definition) is 3. The van der Waals surface area contributed by atoms with Gasteiger partial charge in [-0.25, -0.2) is 4.98 Å². The van der Waals surface area contributed by atoms with Crippen LogP contribution in [0, 0.1) is 18.8 Å². The van der Waals surface area contributed by atoms with Crippen molar-refractivity contribution in [1.29, 1.82) is 0 Å². The van der Waals surface area contributed by atoms with Gasteiger partial charge in [-0.3, -0.25) is 0 Å². The van der Waals surface area contributed by atoms with Crippen molar-refractivity contribution in [2.24, 2.45) is 17.0 Å². The average molecular weight is 233 g/mol. The summed E-state index contributed by atoms with van der Waals surface area (Å²) in [5.74, 6) is 2.26. The van der Waals surface area contributed by atoms with Crippen LogP contribution in [0.15, 0.2) is 11.4 Å². The monoisotopic (exact) mass is 233 g/mol. The topological polar surface area (TPSA) is 50.4 Å². The molecule has 17 heavy (non-hydrogen) atoms. The molecule has 4 heteroatoms. The van der Waals surface area contributed by atoms with E-state index >= 15 is 0 Å². The molecule has 0 spiro atoms. The van der Waals surface area contributed by atoms with Gasteiger partial charge in [0.15, 0.2) is 0 Å². The molecule has 3 unspecified atom stereocenters. The fraction of sp³-hybridized carbons (Fsp3) is 0.692. The molecule has 1 heterocycles. The molecule has 0 aromatic carbocycles. The first-order valence-corrected chi connectivity index (χ1v) is 6.50. The van der Waals surface area contributed by atoms with E-state index in [1.807, 2.05) is 6.92 Å². The molecule has 92 valence electrons. The highest BCUT2D eigenvalue weighted by Crippen LogP contribution is 2.49. The van der Waals surface area contributed by atoms with Crippen molar-refractivity contribution in [1.82, 2.24) is 9.55 Å². The van der Waals surface area contributed by atoms with Crippen LogP contribution in [0.4, 0.5) is 0 Å². The molecule has 2 aliphatic carbocycles. The van der Waals surface area contributed by atoms with Crippen LogP contribution in [0.2, 0.25) is 0 Å². The van der Waals surface area contributed by atoms with E-state index in [9.17, 15) is 5.21 Å². The molecule has 1 aromatic heterocycles. The van der Waals surface area contributed by atoms with Gasteiger partial charge >= 0.3 is 0 Å². The molecule has 2 bridgehead atoms. The number of hydrogen-bond donors (Lipinski definition) is 1. The average Bonchev–Trinajstić information content (AvgIpc) is 3.00. The minimum absolute atomic E-state index is 0.259. The summed E-state index contributed by atoms with van der Waals surface area (Å²) in [6.45, 7) is 4.15. The van der Waals surface area contributed by atoms with Gasteiger partial charge in [0.2, 0.25) is 0 Å². The predicted molar refractivity (Wildman–Crippen MR) is 65.4 cm³/mol. The second-order valence-corrected chi connectivity index (χ2v) is 5.30. The van der Waals surface area contributed by atoms with E-state index in [0.717, 1.165) is 23.7 Å². The van der Waals surface area contributed by atoms with Crippen LogP contribution in [0.1, 0.15) is 43.7 Å². The third kappa shape index (κ3) is 1.50. The molecule has 0 saturated heterocycles. The van der Waals surface area contributed by atoms with E-state index in [1.54, 1.807) is 0 Å². The molecular formula is C13H19N3O. The number of aryl methyl sites for hydroxylation is 2. The summed E-state index contributed by atoms with van der Waals surface area (Å²) in [7, 11) is 0. The molecule has 1 N–H and O–H groups in total. The van der Waals surface area contributed by atoms with Crippen molar-refractivity contribution in [3.8, 4) is 0 Å². The van der Waals surface area contributed by atoms with Gasteiger partial charge in [-0.05, 0) is 32.1 Å². The SMILES string of the molecule is CCc1nc(C)cn1C1/C(=N/O)C2CCC1C2. The minimum Gasteiger partial charge on any atom is -0.411 e. The second-order valence-electron chi connectivity index (χ2n) is 5.30. The Balaban J connectivity index is 2.03. The Morgan fingerprint density at radius 3 is 3.06 bits per heavy atom. The molecule has 0 radical (unpaired) electrons. The van der Waals surface area contributed by atoms with Gasteiger partial charge in [0.1, 0.15) is 5.82 Å². The van der Waals surface area contributed by atoms with E-state index in [0.29, 0.717) is 11.8 Å². The van der Waals surface area contributed by atoms with Crippen molar-refractivity contribution < 1.29 is 5.21 Å². The summed E-state index contributed by atoms with van der Waals surface area (Å²) in [4.78, 5) is 4.55. The third-order valence-corrected chi connectivity index (χ3v) is 4.30. The summed E-state index contributed by atoms with van der Waals surface area (Å²) in [5.41, 5.74) is 2.04. The number of rotatable bonds is 2. The zero-order valence-electron chi connectivity index (χ0n) is 10.4. The summed E-state index contributed by atoms with van der Waals surface area (Å²) in [6.07, 6.45) is 6.67. The molecule has 1 aromatic rings. The van der Waals surface area contributed by atoms with Gasteiger partial charge in [0.05, 0.1) is 17.4 Å². The fourth-order valence-electron chi connectivity index (χ4n) is 3.63. The highest BCUT2D eigenvalue weighted by Gasteiger charge is 2.46. The molecule has 2 aliphatic rings. The van der Waals surface area contributed by atoms with Gasteiger partial charge in [0.25, 0.3) is 0 Å². The van der Waals surface area contributed by atoms with E-state index in [1.165, 1.54) is 19.3 Å². The Kier molecular flexibility index (Phi) is 2.45. The molecule has 4 nitrogen and oxygen atoms in total. The van der Waals surface area contributed by atoms with Gasteiger partial charge in [-0.2, -0.15) is 0 Å². The Morgan fingerprint density at radius 2 is 2.35 bits per heavy atom. The third-order valence-electron chi connectivity index (χ3n) is 4.30.